The first-order valence-corrected chi connectivity index (χ1v) is 8.75. The second-order valence-electron chi connectivity index (χ2n) is 5.83. The van der Waals surface area contributed by atoms with Gasteiger partial charge in [0.05, 0.1) is 0 Å². The smallest absolute Gasteiger partial charge is 0.0444 e. The van der Waals surface area contributed by atoms with Crippen molar-refractivity contribution in [3.05, 3.63) is 0 Å². The Bertz CT molecular complexity index is 151. The molecule has 0 N–H and O–H groups in total. The van der Waals surface area contributed by atoms with Crippen molar-refractivity contribution in [3.63, 3.8) is 0 Å². The molecule has 0 nitrogen and oxygen atoms in total. The first-order chi connectivity index (χ1) is 8.68. The van der Waals surface area contributed by atoms with Gasteiger partial charge in [0.1, 0.15) is 0 Å². The van der Waals surface area contributed by atoms with Crippen LogP contribution < -0.4 is 0 Å². The number of alkyl halides is 1. The predicted octanol–water partition coefficient (Wildman–Crippen LogP) is 7.10. The van der Waals surface area contributed by atoms with Crippen LogP contribution in [0.5, 0.6) is 0 Å². The average molecular weight is 275 g/mol. The zero-order chi connectivity index (χ0) is 13.7. The molecule has 0 aliphatic heterocycles. The lowest BCUT2D eigenvalue weighted by atomic mass is 9.91. The van der Waals surface area contributed by atoms with Crippen molar-refractivity contribution < 1.29 is 0 Å². The maximum atomic E-state index is 6.75. The summed E-state index contributed by atoms with van der Waals surface area (Å²) in [6.45, 7) is 6.80. The van der Waals surface area contributed by atoms with E-state index in [0.717, 1.165) is 6.42 Å². The first-order valence-electron chi connectivity index (χ1n) is 8.37. The zero-order valence-corrected chi connectivity index (χ0v) is 13.8. The third kappa shape index (κ3) is 10.2. The Labute approximate surface area is 121 Å². The van der Waals surface area contributed by atoms with Crippen LogP contribution in [0.2, 0.25) is 0 Å². The Kier molecular flexibility index (Phi) is 12.5. The average Bonchev–Trinajstić information content (AvgIpc) is 2.38. The fraction of sp³-hybridized carbons (Fsp3) is 1.00. The third-order valence-corrected chi connectivity index (χ3v) is 4.74. The summed E-state index contributed by atoms with van der Waals surface area (Å²) >= 11 is 6.75. The normalized spacial score (nSPS) is 12.0. The summed E-state index contributed by atoms with van der Waals surface area (Å²) in [6.07, 6.45) is 17.2. The van der Waals surface area contributed by atoms with Gasteiger partial charge in [-0.3, -0.25) is 0 Å². The molecule has 0 amide bonds. The molecular weight excluding hydrogens is 240 g/mol. The minimum Gasteiger partial charge on any atom is -0.119 e. The molecule has 0 rings (SSSR count). The van der Waals surface area contributed by atoms with Gasteiger partial charge in [-0.1, -0.05) is 85.0 Å². The molecule has 0 atom stereocenters. The Morgan fingerprint density at radius 1 is 0.611 bits per heavy atom. The van der Waals surface area contributed by atoms with E-state index in [1.54, 1.807) is 0 Å². The molecule has 0 radical (unpaired) electrons. The van der Waals surface area contributed by atoms with Gasteiger partial charge in [-0.05, 0) is 19.3 Å². The Morgan fingerprint density at radius 2 is 1.00 bits per heavy atom. The lowest BCUT2D eigenvalue weighted by Crippen LogP contribution is -2.20. The largest absolute Gasteiger partial charge is 0.119 e. The minimum atomic E-state index is 0.110. The molecule has 0 spiro atoms. The molecule has 0 bridgehead atoms. The SMILES string of the molecule is CCCCCCCC(Cl)(CC)CCCCCCC. The van der Waals surface area contributed by atoms with Crippen molar-refractivity contribution in [1.29, 1.82) is 0 Å². The monoisotopic (exact) mass is 274 g/mol. The van der Waals surface area contributed by atoms with Gasteiger partial charge in [-0.25, -0.2) is 0 Å². The van der Waals surface area contributed by atoms with Crippen LogP contribution in [0.1, 0.15) is 104 Å². The highest BCUT2D eigenvalue weighted by molar-refractivity contribution is 6.23. The highest BCUT2D eigenvalue weighted by Gasteiger charge is 2.23. The molecule has 0 saturated heterocycles. The lowest BCUT2D eigenvalue weighted by Gasteiger charge is -2.25. The maximum Gasteiger partial charge on any atom is 0.0444 e. The fourth-order valence-corrected chi connectivity index (χ4v) is 2.84. The van der Waals surface area contributed by atoms with Crippen LogP contribution in [-0.2, 0) is 0 Å². The highest BCUT2D eigenvalue weighted by atomic mass is 35.5. The minimum absolute atomic E-state index is 0.110. The first kappa shape index (κ1) is 18.3. The third-order valence-electron chi connectivity index (χ3n) is 4.09. The topological polar surface area (TPSA) is 0 Å². The maximum absolute atomic E-state index is 6.75. The van der Waals surface area contributed by atoms with Gasteiger partial charge < -0.3 is 0 Å². The molecule has 18 heavy (non-hydrogen) atoms. The summed E-state index contributed by atoms with van der Waals surface area (Å²) in [4.78, 5) is 0.110. The summed E-state index contributed by atoms with van der Waals surface area (Å²) in [5, 5.41) is 0. The molecule has 110 valence electrons. The molecule has 0 aromatic carbocycles. The van der Waals surface area contributed by atoms with Crippen LogP contribution in [0.3, 0.4) is 0 Å². The molecule has 0 aromatic rings. The lowest BCUT2D eigenvalue weighted by molar-refractivity contribution is 0.425. The van der Waals surface area contributed by atoms with Crippen LogP contribution >= 0.6 is 11.6 Å². The van der Waals surface area contributed by atoms with Crippen molar-refractivity contribution >= 4 is 11.6 Å². The molecule has 1 heteroatoms. The molecule has 0 aliphatic carbocycles. The zero-order valence-electron chi connectivity index (χ0n) is 13.1. The Balaban J connectivity index is 3.60. The molecule has 0 fully saturated rings. The van der Waals surface area contributed by atoms with E-state index in [9.17, 15) is 0 Å². The molecular formula is C17H35Cl. The second kappa shape index (κ2) is 12.3. The standard InChI is InChI=1S/C17H35Cl/c1-4-7-9-11-13-15-17(18,6-3)16-14-12-10-8-5-2/h4-16H2,1-3H3. The van der Waals surface area contributed by atoms with Crippen LogP contribution in [-0.4, -0.2) is 4.87 Å². The fourth-order valence-electron chi connectivity index (χ4n) is 2.57. The van der Waals surface area contributed by atoms with Crippen LogP contribution in [0, 0.1) is 0 Å². The van der Waals surface area contributed by atoms with E-state index in [0.29, 0.717) is 0 Å². The van der Waals surface area contributed by atoms with Gasteiger partial charge in [0.15, 0.2) is 0 Å². The number of hydrogen-bond acceptors (Lipinski definition) is 0. The molecule has 0 aromatic heterocycles. The van der Waals surface area contributed by atoms with Crippen molar-refractivity contribution in [2.24, 2.45) is 0 Å². The van der Waals surface area contributed by atoms with Gasteiger partial charge >= 0.3 is 0 Å². The van der Waals surface area contributed by atoms with E-state index in [1.165, 1.54) is 77.0 Å². The van der Waals surface area contributed by atoms with Gasteiger partial charge in [0, 0.05) is 4.87 Å². The quantitative estimate of drug-likeness (QED) is 0.248. The van der Waals surface area contributed by atoms with Crippen molar-refractivity contribution in [2.45, 2.75) is 109 Å². The predicted molar refractivity (Wildman–Crippen MR) is 85.6 cm³/mol. The summed E-state index contributed by atoms with van der Waals surface area (Å²) in [5.41, 5.74) is 0. The Morgan fingerprint density at radius 3 is 1.33 bits per heavy atom. The van der Waals surface area contributed by atoms with Crippen LogP contribution in [0.25, 0.3) is 0 Å². The van der Waals surface area contributed by atoms with E-state index in [-0.39, 0.29) is 4.87 Å². The van der Waals surface area contributed by atoms with Crippen molar-refractivity contribution in [2.75, 3.05) is 0 Å². The van der Waals surface area contributed by atoms with E-state index in [4.69, 9.17) is 11.6 Å². The van der Waals surface area contributed by atoms with Gasteiger partial charge in [-0.2, -0.15) is 0 Å². The summed E-state index contributed by atoms with van der Waals surface area (Å²) in [6, 6.07) is 0. The number of unbranched alkanes of at least 4 members (excludes halogenated alkanes) is 8. The number of halogens is 1. The van der Waals surface area contributed by atoms with E-state index >= 15 is 0 Å². The van der Waals surface area contributed by atoms with Crippen LogP contribution in [0.4, 0.5) is 0 Å². The number of hydrogen-bond donors (Lipinski definition) is 0. The summed E-state index contributed by atoms with van der Waals surface area (Å²) in [5.74, 6) is 0. The summed E-state index contributed by atoms with van der Waals surface area (Å²) < 4.78 is 0. The van der Waals surface area contributed by atoms with Crippen molar-refractivity contribution in [3.8, 4) is 0 Å². The van der Waals surface area contributed by atoms with E-state index in [1.807, 2.05) is 0 Å². The molecule has 0 heterocycles. The van der Waals surface area contributed by atoms with Gasteiger partial charge in [0.2, 0.25) is 0 Å². The molecule has 0 unspecified atom stereocenters. The van der Waals surface area contributed by atoms with Crippen molar-refractivity contribution in [1.82, 2.24) is 0 Å². The van der Waals surface area contributed by atoms with Crippen LogP contribution in [0.15, 0.2) is 0 Å². The Hall–Kier alpha value is 0.290. The number of rotatable bonds is 13. The summed E-state index contributed by atoms with van der Waals surface area (Å²) in [7, 11) is 0. The van der Waals surface area contributed by atoms with E-state index in [2.05, 4.69) is 20.8 Å². The molecule has 0 aliphatic rings. The second-order valence-corrected chi connectivity index (χ2v) is 6.63. The highest BCUT2D eigenvalue weighted by Crippen LogP contribution is 2.32. The molecule has 0 saturated carbocycles. The van der Waals surface area contributed by atoms with Gasteiger partial charge in [-0.15, -0.1) is 11.6 Å². The van der Waals surface area contributed by atoms with Gasteiger partial charge in [0.25, 0.3) is 0 Å². The van der Waals surface area contributed by atoms with E-state index < -0.39 is 0 Å².